The predicted octanol–water partition coefficient (Wildman–Crippen LogP) is 2.56. The Morgan fingerprint density at radius 1 is 1.33 bits per heavy atom. The normalized spacial score (nSPS) is 9.87. The molecular formula is C11H13ClO3. The summed E-state index contributed by atoms with van der Waals surface area (Å²) in [6.07, 6.45) is 0.753. The van der Waals surface area contributed by atoms with E-state index in [1.807, 2.05) is 6.92 Å². The molecule has 0 aliphatic carbocycles. The molecule has 4 heteroatoms. The molecule has 0 fully saturated rings. The number of carbonyl (C=O) groups is 1. The highest BCUT2D eigenvalue weighted by Gasteiger charge is 2.15. The minimum atomic E-state index is 0.257. The molecule has 0 atom stereocenters. The van der Waals surface area contributed by atoms with E-state index in [0.29, 0.717) is 17.1 Å². The van der Waals surface area contributed by atoms with Crippen LogP contribution in [0.5, 0.6) is 11.5 Å². The Balaban J connectivity index is 3.49. The Kier molecular flexibility index (Phi) is 3.97. The molecule has 0 spiro atoms. The van der Waals surface area contributed by atoms with Crippen LogP contribution in [0.1, 0.15) is 21.5 Å². The molecule has 0 N–H and O–H groups in total. The molecule has 0 saturated heterocycles. The molecule has 1 aromatic carbocycles. The van der Waals surface area contributed by atoms with Crippen molar-refractivity contribution in [2.24, 2.45) is 0 Å². The zero-order valence-corrected chi connectivity index (χ0v) is 9.72. The molecule has 0 heterocycles. The third-order valence-electron chi connectivity index (χ3n) is 2.37. The van der Waals surface area contributed by atoms with Crippen LogP contribution >= 0.6 is 11.6 Å². The van der Waals surface area contributed by atoms with Crippen molar-refractivity contribution in [1.82, 2.24) is 0 Å². The molecule has 0 amide bonds. The smallest absolute Gasteiger partial charge is 0.154 e. The monoisotopic (exact) mass is 228 g/mol. The summed E-state index contributed by atoms with van der Waals surface area (Å²) in [6.45, 7) is 1.86. The van der Waals surface area contributed by atoms with E-state index in [1.54, 1.807) is 13.2 Å². The van der Waals surface area contributed by atoms with E-state index >= 15 is 0 Å². The summed E-state index contributed by atoms with van der Waals surface area (Å²) in [6, 6.07) is 1.69. The first kappa shape index (κ1) is 11.9. The van der Waals surface area contributed by atoms with Gasteiger partial charge in [0.15, 0.2) is 6.29 Å². The first-order chi connectivity index (χ1) is 7.19. The van der Waals surface area contributed by atoms with Gasteiger partial charge in [-0.2, -0.15) is 0 Å². The fraction of sp³-hybridized carbons (Fsp3) is 0.364. The fourth-order valence-corrected chi connectivity index (χ4v) is 1.83. The SMILES string of the molecule is COc1cc(OC)c(C=O)c(CCl)c1C. The molecule has 1 rings (SSSR count). The van der Waals surface area contributed by atoms with Gasteiger partial charge < -0.3 is 9.47 Å². The first-order valence-corrected chi connectivity index (χ1v) is 4.98. The Hall–Kier alpha value is -1.22. The van der Waals surface area contributed by atoms with Gasteiger partial charge in [0.05, 0.1) is 19.8 Å². The highest BCUT2D eigenvalue weighted by molar-refractivity contribution is 6.17. The summed E-state index contributed by atoms with van der Waals surface area (Å²) < 4.78 is 10.3. The predicted molar refractivity (Wildman–Crippen MR) is 59.2 cm³/mol. The number of alkyl halides is 1. The van der Waals surface area contributed by atoms with E-state index in [9.17, 15) is 4.79 Å². The maximum absolute atomic E-state index is 10.9. The van der Waals surface area contributed by atoms with Crippen molar-refractivity contribution in [3.8, 4) is 11.5 Å². The zero-order valence-electron chi connectivity index (χ0n) is 8.96. The number of halogens is 1. The number of aldehydes is 1. The fourth-order valence-electron chi connectivity index (χ4n) is 1.49. The van der Waals surface area contributed by atoms with Crippen LogP contribution in [0.2, 0.25) is 0 Å². The molecule has 0 unspecified atom stereocenters. The summed E-state index contributed by atoms with van der Waals surface area (Å²) in [5.41, 5.74) is 2.11. The topological polar surface area (TPSA) is 35.5 Å². The second kappa shape index (κ2) is 5.03. The highest BCUT2D eigenvalue weighted by atomic mass is 35.5. The van der Waals surface area contributed by atoms with Crippen LogP contribution in [0.4, 0.5) is 0 Å². The molecule has 0 aliphatic rings. The van der Waals surface area contributed by atoms with E-state index in [0.717, 1.165) is 17.4 Å². The number of ether oxygens (including phenoxy) is 2. The van der Waals surface area contributed by atoms with Gasteiger partial charge in [-0.15, -0.1) is 11.6 Å². The Morgan fingerprint density at radius 3 is 2.33 bits per heavy atom. The van der Waals surface area contributed by atoms with Crippen LogP contribution in [0.3, 0.4) is 0 Å². The lowest BCUT2D eigenvalue weighted by molar-refractivity contribution is 0.112. The number of hydrogen-bond acceptors (Lipinski definition) is 3. The van der Waals surface area contributed by atoms with Gasteiger partial charge in [-0.1, -0.05) is 0 Å². The minimum absolute atomic E-state index is 0.257. The number of methoxy groups -OCH3 is 2. The Morgan fingerprint density at radius 2 is 1.93 bits per heavy atom. The highest BCUT2D eigenvalue weighted by Crippen LogP contribution is 2.32. The summed E-state index contributed by atoms with van der Waals surface area (Å²) in [5, 5.41) is 0. The van der Waals surface area contributed by atoms with Crippen molar-refractivity contribution < 1.29 is 14.3 Å². The average Bonchev–Trinajstić information content (AvgIpc) is 2.28. The van der Waals surface area contributed by atoms with Crippen LogP contribution in [-0.4, -0.2) is 20.5 Å². The molecule has 0 saturated carbocycles. The van der Waals surface area contributed by atoms with Gasteiger partial charge in [0.1, 0.15) is 11.5 Å². The van der Waals surface area contributed by atoms with Crippen molar-refractivity contribution in [1.29, 1.82) is 0 Å². The number of carbonyl (C=O) groups excluding carboxylic acids is 1. The number of rotatable bonds is 4. The molecule has 0 radical (unpaired) electrons. The largest absolute Gasteiger partial charge is 0.496 e. The lowest BCUT2D eigenvalue weighted by Gasteiger charge is -2.14. The van der Waals surface area contributed by atoms with Gasteiger partial charge in [-0.05, 0) is 18.1 Å². The van der Waals surface area contributed by atoms with Gasteiger partial charge >= 0.3 is 0 Å². The van der Waals surface area contributed by atoms with Crippen molar-refractivity contribution in [3.63, 3.8) is 0 Å². The Bertz CT molecular complexity index is 375. The van der Waals surface area contributed by atoms with Crippen molar-refractivity contribution in [2.45, 2.75) is 12.8 Å². The maximum atomic E-state index is 10.9. The van der Waals surface area contributed by atoms with Crippen molar-refractivity contribution in [2.75, 3.05) is 14.2 Å². The summed E-state index contributed by atoms with van der Waals surface area (Å²) in [4.78, 5) is 10.9. The van der Waals surface area contributed by atoms with Crippen molar-refractivity contribution >= 4 is 17.9 Å². The third-order valence-corrected chi connectivity index (χ3v) is 2.63. The molecule has 1 aromatic rings. The quantitative estimate of drug-likeness (QED) is 0.587. The second-order valence-corrected chi connectivity index (χ2v) is 3.32. The molecule has 0 aliphatic heterocycles. The van der Waals surface area contributed by atoms with Gasteiger partial charge in [0.25, 0.3) is 0 Å². The van der Waals surface area contributed by atoms with E-state index in [1.165, 1.54) is 7.11 Å². The third kappa shape index (κ3) is 2.07. The lowest BCUT2D eigenvalue weighted by atomic mass is 10.0. The van der Waals surface area contributed by atoms with Crippen LogP contribution in [-0.2, 0) is 5.88 Å². The Labute approximate surface area is 93.9 Å². The molecule has 0 bridgehead atoms. The molecule has 3 nitrogen and oxygen atoms in total. The second-order valence-electron chi connectivity index (χ2n) is 3.05. The van der Waals surface area contributed by atoms with Crippen molar-refractivity contribution in [3.05, 3.63) is 22.8 Å². The van der Waals surface area contributed by atoms with Gasteiger partial charge in [-0.25, -0.2) is 0 Å². The lowest BCUT2D eigenvalue weighted by Crippen LogP contribution is -2.01. The number of benzene rings is 1. The molecular weight excluding hydrogens is 216 g/mol. The maximum Gasteiger partial charge on any atom is 0.154 e. The van der Waals surface area contributed by atoms with Crippen LogP contribution in [0.25, 0.3) is 0 Å². The first-order valence-electron chi connectivity index (χ1n) is 4.45. The van der Waals surface area contributed by atoms with E-state index in [2.05, 4.69) is 0 Å². The van der Waals surface area contributed by atoms with Crippen LogP contribution in [0.15, 0.2) is 6.07 Å². The standard InChI is InChI=1S/C11H13ClO3/c1-7-8(5-12)9(6-13)11(15-3)4-10(7)14-2/h4,6H,5H2,1-3H3. The van der Waals surface area contributed by atoms with Gasteiger partial charge in [0.2, 0.25) is 0 Å². The number of hydrogen-bond donors (Lipinski definition) is 0. The molecule has 0 aromatic heterocycles. The summed E-state index contributed by atoms with van der Waals surface area (Å²) >= 11 is 5.80. The van der Waals surface area contributed by atoms with E-state index in [-0.39, 0.29) is 5.88 Å². The van der Waals surface area contributed by atoms with Crippen LogP contribution < -0.4 is 9.47 Å². The van der Waals surface area contributed by atoms with Gasteiger partial charge in [-0.3, -0.25) is 4.79 Å². The summed E-state index contributed by atoms with van der Waals surface area (Å²) in [7, 11) is 3.08. The zero-order chi connectivity index (χ0) is 11.4. The molecule has 82 valence electrons. The van der Waals surface area contributed by atoms with E-state index < -0.39 is 0 Å². The summed E-state index contributed by atoms with van der Waals surface area (Å²) in [5.74, 6) is 1.42. The van der Waals surface area contributed by atoms with Crippen LogP contribution in [0, 0.1) is 6.92 Å². The van der Waals surface area contributed by atoms with E-state index in [4.69, 9.17) is 21.1 Å². The molecule has 15 heavy (non-hydrogen) atoms. The average molecular weight is 229 g/mol. The minimum Gasteiger partial charge on any atom is -0.496 e. The van der Waals surface area contributed by atoms with Gasteiger partial charge in [0, 0.05) is 11.9 Å².